The van der Waals surface area contributed by atoms with Gasteiger partial charge in [-0.15, -0.1) is 11.3 Å². The number of nitrogens with one attached hydrogen (secondary N) is 1. The lowest BCUT2D eigenvalue weighted by molar-refractivity contribution is -0.139. The van der Waals surface area contributed by atoms with E-state index in [1.54, 1.807) is 22.5 Å². The number of hydrogen-bond acceptors (Lipinski definition) is 8. The quantitative estimate of drug-likeness (QED) is 0.477. The average Bonchev–Trinajstić information content (AvgIpc) is 3.44. The van der Waals surface area contributed by atoms with Gasteiger partial charge in [0.15, 0.2) is 10.8 Å². The Morgan fingerprint density at radius 3 is 2.76 bits per heavy atom. The molecule has 2 N–H and O–H groups in total. The second kappa shape index (κ2) is 10.3. The van der Waals surface area contributed by atoms with Crippen LogP contribution in [0.5, 0.6) is 0 Å². The number of alkyl halides is 2. The molecule has 1 aromatic carbocycles. The van der Waals surface area contributed by atoms with Crippen LogP contribution >= 0.6 is 22.9 Å². The number of fused-ring (bicyclic) bond motifs is 2. The van der Waals surface area contributed by atoms with E-state index < -0.39 is 48.2 Å². The number of hydrogen-bond donors (Lipinski definition) is 2. The van der Waals surface area contributed by atoms with Gasteiger partial charge in [-0.2, -0.15) is 0 Å². The zero-order valence-corrected chi connectivity index (χ0v) is 21.7. The number of aliphatic imine (C=N–C) groups is 1. The molecule has 0 saturated carbocycles. The van der Waals surface area contributed by atoms with Crippen molar-refractivity contribution in [3.8, 4) is 0 Å². The van der Waals surface area contributed by atoms with Gasteiger partial charge in [0.2, 0.25) is 0 Å². The van der Waals surface area contributed by atoms with Gasteiger partial charge in [-0.3, -0.25) is 14.7 Å². The standard InChI is InChI=1S/C25H24ClF3N4O4S/c1-37-24(36)20-17(11-33-14-6-12(8-19(34)35)7-18(33)25(28,29)10-14)31-22(23-30-4-5-38-23)32-21(20)13-2-3-15(26)16(27)9-13/h2-5,9,12,14,18,21H,6-8,10-11H2,1H3,(H,31,32)(H,34,35)/t12?,14-,18+,21-/m0/s1. The number of amidine groups is 1. The van der Waals surface area contributed by atoms with Crippen molar-refractivity contribution in [1.29, 1.82) is 0 Å². The van der Waals surface area contributed by atoms with Gasteiger partial charge in [0.1, 0.15) is 11.9 Å². The zero-order valence-electron chi connectivity index (χ0n) is 20.2. The van der Waals surface area contributed by atoms with Crippen molar-refractivity contribution in [1.82, 2.24) is 15.2 Å². The Morgan fingerprint density at radius 1 is 1.34 bits per heavy atom. The van der Waals surface area contributed by atoms with Crippen molar-refractivity contribution in [3.05, 3.63) is 62.5 Å². The topological polar surface area (TPSA) is 104 Å². The summed E-state index contributed by atoms with van der Waals surface area (Å²) in [6, 6.07) is 1.31. The number of aromatic nitrogens is 1. The molecular weight excluding hydrogens is 545 g/mol. The van der Waals surface area contributed by atoms with Gasteiger partial charge in [-0.1, -0.05) is 17.7 Å². The molecule has 3 aliphatic rings. The van der Waals surface area contributed by atoms with Gasteiger partial charge in [-0.25, -0.2) is 22.9 Å². The van der Waals surface area contributed by atoms with Crippen LogP contribution in [0.3, 0.4) is 0 Å². The summed E-state index contributed by atoms with van der Waals surface area (Å²) in [4.78, 5) is 34.9. The second-order valence-electron chi connectivity index (χ2n) is 9.64. The van der Waals surface area contributed by atoms with Crippen LogP contribution in [0.15, 0.2) is 46.0 Å². The summed E-state index contributed by atoms with van der Waals surface area (Å²) >= 11 is 7.16. The molecular formula is C25H24ClF3N4O4S. The van der Waals surface area contributed by atoms with E-state index in [1.165, 1.54) is 30.6 Å². The Bertz CT molecular complexity index is 1320. The minimum Gasteiger partial charge on any atom is -0.481 e. The van der Waals surface area contributed by atoms with Crippen LogP contribution < -0.4 is 5.32 Å². The summed E-state index contributed by atoms with van der Waals surface area (Å²) in [5, 5.41) is 14.5. The van der Waals surface area contributed by atoms with E-state index >= 15 is 8.78 Å². The third-order valence-electron chi connectivity index (χ3n) is 7.26. The van der Waals surface area contributed by atoms with E-state index in [-0.39, 0.29) is 35.9 Å². The maximum atomic E-state index is 15.1. The number of nitrogens with zero attached hydrogens (tertiary/aromatic N) is 3. The Morgan fingerprint density at radius 2 is 2.13 bits per heavy atom. The lowest BCUT2D eigenvalue weighted by Gasteiger charge is -2.40. The van der Waals surface area contributed by atoms with E-state index in [4.69, 9.17) is 16.3 Å². The number of thiazole rings is 1. The highest BCUT2D eigenvalue weighted by atomic mass is 35.5. The lowest BCUT2D eigenvalue weighted by Crippen LogP contribution is -2.50. The first kappa shape index (κ1) is 26.6. The van der Waals surface area contributed by atoms with Gasteiger partial charge in [0, 0.05) is 42.7 Å². The van der Waals surface area contributed by atoms with E-state index in [1.807, 2.05) is 0 Å². The van der Waals surface area contributed by atoms with Crippen molar-refractivity contribution in [2.24, 2.45) is 10.9 Å². The molecule has 2 bridgehead atoms. The minimum absolute atomic E-state index is 0.0237. The van der Waals surface area contributed by atoms with Crippen LogP contribution in [0.4, 0.5) is 13.2 Å². The van der Waals surface area contributed by atoms with Crippen molar-refractivity contribution >= 4 is 40.7 Å². The molecule has 2 aromatic rings. The van der Waals surface area contributed by atoms with Crippen LogP contribution in [0, 0.1) is 11.7 Å². The number of rotatable bonds is 7. The molecule has 1 unspecified atom stereocenters. The molecule has 1 aromatic heterocycles. The molecule has 4 heterocycles. The van der Waals surface area contributed by atoms with Crippen LogP contribution in [0.1, 0.15) is 42.3 Å². The van der Waals surface area contributed by atoms with E-state index in [0.29, 0.717) is 28.5 Å². The number of carbonyl (C=O) groups excluding carboxylic acids is 1. The number of halogens is 4. The summed E-state index contributed by atoms with van der Waals surface area (Å²) in [6.07, 6.45) is 1.34. The number of aliphatic carboxylic acids is 1. The molecule has 13 heteroatoms. The molecule has 2 fully saturated rings. The second-order valence-corrected chi connectivity index (χ2v) is 10.9. The third-order valence-corrected chi connectivity index (χ3v) is 8.34. The number of piperidine rings is 1. The SMILES string of the molecule is COC(=O)C1=C(CN2[C@H]3CC(CC(=O)O)C[C@@H]2C(F)(F)C3)NC(c2nccs2)=N[C@H]1c1ccc(Cl)c(F)c1. The fourth-order valence-corrected chi connectivity index (χ4v) is 6.37. The summed E-state index contributed by atoms with van der Waals surface area (Å²) in [5.74, 6) is -5.52. The van der Waals surface area contributed by atoms with Crippen molar-refractivity contribution in [2.45, 2.75) is 49.7 Å². The monoisotopic (exact) mass is 568 g/mol. The number of carbonyl (C=O) groups is 2. The number of benzene rings is 1. The van der Waals surface area contributed by atoms with Gasteiger partial charge in [0.05, 0.1) is 23.7 Å². The molecule has 38 heavy (non-hydrogen) atoms. The van der Waals surface area contributed by atoms with Crippen LogP contribution in [0.2, 0.25) is 5.02 Å². The molecule has 5 rings (SSSR count). The Balaban J connectivity index is 1.56. The van der Waals surface area contributed by atoms with Gasteiger partial charge in [0.25, 0.3) is 5.92 Å². The summed E-state index contributed by atoms with van der Waals surface area (Å²) in [6.45, 7) is -0.0634. The van der Waals surface area contributed by atoms with E-state index in [9.17, 15) is 19.1 Å². The fraction of sp³-hybridized carbons (Fsp3) is 0.440. The number of esters is 1. The minimum atomic E-state index is -3.01. The molecule has 3 aliphatic heterocycles. The lowest BCUT2D eigenvalue weighted by atomic mass is 9.87. The first-order chi connectivity index (χ1) is 18.1. The first-order valence-corrected chi connectivity index (χ1v) is 13.2. The van der Waals surface area contributed by atoms with E-state index in [0.717, 1.165) is 0 Å². The molecule has 4 atom stereocenters. The Labute approximate surface area is 225 Å². The number of carboxylic acid groups (broad SMARTS) is 1. The highest BCUT2D eigenvalue weighted by Crippen LogP contribution is 2.49. The summed E-state index contributed by atoms with van der Waals surface area (Å²) in [7, 11) is 1.20. The number of ether oxygens (including phenoxy) is 1. The van der Waals surface area contributed by atoms with Gasteiger partial charge < -0.3 is 15.2 Å². The Kier molecular flexibility index (Phi) is 7.23. The van der Waals surface area contributed by atoms with Gasteiger partial charge in [-0.05, 0) is 36.5 Å². The molecule has 0 radical (unpaired) electrons. The maximum absolute atomic E-state index is 15.1. The third kappa shape index (κ3) is 5.04. The largest absolute Gasteiger partial charge is 0.481 e. The van der Waals surface area contributed by atoms with Crippen LogP contribution in [-0.4, -0.2) is 64.4 Å². The molecule has 0 aliphatic carbocycles. The summed E-state index contributed by atoms with van der Waals surface area (Å²) in [5.41, 5.74) is 0.681. The van der Waals surface area contributed by atoms with Crippen molar-refractivity contribution in [2.75, 3.05) is 13.7 Å². The first-order valence-electron chi connectivity index (χ1n) is 11.9. The maximum Gasteiger partial charge on any atom is 0.338 e. The number of carboxylic acids is 1. The molecule has 8 nitrogen and oxygen atoms in total. The number of methoxy groups -OCH3 is 1. The zero-order chi connectivity index (χ0) is 27.2. The fourth-order valence-electron chi connectivity index (χ4n) is 5.67. The highest BCUT2D eigenvalue weighted by Gasteiger charge is 2.57. The average molecular weight is 569 g/mol. The normalized spacial score (nSPS) is 26.6. The van der Waals surface area contributed by atoms with E-state index in [2.05, 4.69) is 15.3 Å². The van der Waals surface area contributed by atoms with Crippen molar-refractivity contribution < 1.29 is 32.6 Å². The smallest absolute Gasteiger partial charge is 0.338 e. The molecule has 0 amide bonds. The van der Waals surface area contributed by atoms with Crippen LogP contribution in [-0.2, 0) is 14.3 Å². The molecule has 2 saturated heterocycles. The Hall–Kier alpha value is -2.96. The predicted molar refractivity (Wildman–Crippen MR) is 134 cm³/mol. The highest BCUT2D eigenvalue weighted by molar-refractivity contribution is 7.11. The van der Waals surface area contributed by atoms with Crippen molar-refractivity contribution in [3.63, 3.8) is 0 Å². The molecule has 0 spiro atoms. The summed E-state index contributed by atoms with van der Waals surface area (Å²) < 4.78 is 49.6. The predicted octanol–water partition coefficient (Wildman–Crippen LogP) is 4.42. The van der Waals surface area contributed by atoms with Gasteiger partial charge >= 0.3 is 11.9 Å². The van der Waals surface area contributed by atoms with Crippen LogP contribution in [0.25, 0.3) is 0 Å². The molecule has 202 valence electrons.